The number of allylic oxidation sites excluding steroid dienone is 1. The number of carbonyl (C=O) groups excluding carboxylic acids is 1. The smallest absolute Gasteiger partial charge is 0.254 e. The van der Waals surface area contributed by atoms with Gasteiger partial charge in [0, 0.05) is 6.54 Å². The molecule has 0 heterocycles. The number of hydrogen-bond acceptors (Lipinski definition) is 2. The van der Waals surface area contributed by atoms with Gasteiger partial charge in [-0.2, -0.15) is 0 Å². The monoisotopic (exact) mass is 295 g/mol. The van der Waals surface area contributed by atoms with Gasteiger partial charge in [-0.15, -0.1) is 0 Å². The van der Waals surface area contributed by atoms with E-state index in [1.54, 1.807) is 0 Å². The van der Waals surface area contributed by atoms with Gasteiger partial charge in [0.2, 0.25) is 0 Å². The molecular weight excluding hydrogens is 274 g/mol. The van der Waals surface area contributed by atoms with E-state index in [1.807, 2.05) is 79.7 Å². The molecule has 0 fully saturated rings. The number of amides is 1. The van der Waals surface area contributed by atoms with Crippen LogP contribution < -0.4 is 5.32 Å². The zero-order valence-electron chi connectivity index (χ0n) is 12.7. The van der Waals surface area contributed by atoms with Crippen molar-refractivity contribution in [3.05, 3.63) is 83.9 Å². The Bertz CT molecular complexity index is 593. The Hall–Kier alpha value is -2.39. The average molecular weight is 295 g/mol. The van der Waals surface area contributed by atoms with Gasteiger partial charge in [0.25, 0.3) is 5.91 Å². The minimum atomic E-state index is -0.596. The Morgan fingerprint density at radius 3 is 2.36 bits per heavy atom. The largest absolute Gasteiger partial charge is 0.360 e. The van der Waals surface area contributed by atoms with Crippen LogP contribution in [0.5, 0.6) is 0 Å². The molecule has 3 nitrogen and oxygen atoms in total. The molecule has 2 rings (SSSR count). The first-order chi connectivity index (χ1) is 10.8. The lowest BCUT2D eigenvalue weighted by atomic mass is 10.1. The summed E-state index contributed by atoms with van der Waals surface area (Å²) in [6.45, 7) is 2.83. The maximum atomic E-state index is 12.5. The van der Waals surface area contributed by atoms with Crippen molar-refractivity contribution in [1.29, 1.82) is 0 Å². The molecule has 0 saturated heterocycles. The molecular formula is C19H21NO2. The number of rotatable bonds is 7. The fraction of sp³-hybridized carbons (Fsp3) is 0.211. The van der Waals surface area contributed by atoms with E-state index in [-0.39, 0.29) is 5.91 Å². The van der Waals surface area contributed by atoms with E-state index in [1.165, 1.54) is 0 Å². The lowest BCUT2D eigenvalue weighted by molar-refractivity contribution is -0.132. The average Bonchev–Trinajstić information content (AvgIpc) is 2.58. The Kier molecular flexibility index (Phi) is 6.39. The number of hydrogen-bond donors (Lipinski definition) is 1. The molecule has 0 aromatic heterocycles. The van der Waals surface area contributed by atoms with Crippen molar-refractivity contribution in [2.75, 3.05) is 6.61 Å². The van der Waals surface area contributed by atoms with Crippen molar-refractivity contribution in [2.45, 2.75) is 19.6 Å². The number of ether oxygens (including phenoxy) is 1. The predicted molar refractivity (Wildman–Crippen MR) is 88.2 cm³/mol. The fourth-order valence-electron chi connectivity index (χ4n) is 2.08. The second-order valence-corrected chi connectivity index (χ2v) is 4.90. The molecule has 0 bridgehead atoms. The summed E-state index contributed by atoms with van der Waals surface area (Å²) in [5.74, 6) is -0.125. The highest BCUT2D eigenvalue weighted by Gasteiger charge is 2.20. The third-order valence-electron chi connectivity index (χ3n) is 3.24. The summed E-state index contributed by atoms with van der Waals surface area (Å²) in [5.41, 5.74) is 1.92. The van der Waals surface area contributed by atoms with Gasteiger partial charge in [0.05, 0.1) is 6.61 Å². The minimum Gasteiger partial charge on any atom is -0.360 e. The van der Waals surface area contributed by atoms with Crippen molar-refractivity contribution in [3.63, 3.8) is 0 Å². The molecule has 1 N–H and O–H groups in total. The molecule has 0 aliphatic heterocycles. The van der Waals surface area contributed by atoms with Crippen LogP contribution in [-0.2, 0) is 16.1 Å². The van der Waals surface area contributed by atoms with Gasteiger partial charge in [-0.25, -0.2) is 0 Å². The molecule has 3 heteroatoms. The lowest BCUT2D eigenvalue weighted by Crippen LogP contribution is -2.30. The molecule has 1 amide bonds. The van der Waals surface area contributed by atoms with Crippen LogP contribution in [0, 0.1) is 0 Å². The molecule has 114 valence electrons. The van der Waals surface area contributed by atoms with Crippen LogP contribution >= 0.6 is 0 Å². The predicted octanol–water partition coefficient (Wildman–Crippen LogP) is 3.64. The van der Waals surface area contributed by atoms with Gasteiger partial charge in [-0.3, -0.25) is 4.79 Å². The molecule has 0 radical (unpaired) electrons. The van der Waals surface area contributed by atoms with Gasteiger partial charge in [-0.05, 0) is 18.1 Å². The Morgan fingerprint density at radius 2 is 1.73 bits per heavy atom. The number of carbonyl (C=O) groups is 1. The number of nitrogens with one attached hydrogen (secondary N) is 1. The van der Waals surface area contributed by atoms with Crippen LogP contribution in [0.4, 0.5) is 0 Å². The molecule has 22 heavy (non-hydrogen) atoms. The maximum Gasteiger partial charge on any atom is 0.254 e. The summed E-state index contributed by atoms with van der Waals surface area (Å²) < 4.78 is 5.72. The highest BCUT2D eigenvalue weighted by atomic mass is 16.5. The second kappa shape index (κ2) is 8.80. The van der Waals surface area contributed by atoms with Gasteiger partial charge in [-0.1, -0.05) is 72.8 Å². The number of benzene rings is 2. The van der Waals surface area contributed by atoms with Crippen LogP contribution in [0.1, 0.15) is 24.2 Å². The summed E-state index contributed by atoms with van der Waals surface area (Å²) in [7, 11) is 0. The summed E-state index contributed by atoms with van der Waals surface area (Å²) in [6, 6.07) is 19.4. The Labute approximate surface area is 131 Å². The molecule has 0 saturated carbocycles. The first-order valence-electron chi connectivity index (χ1n) is 7.40. The topological polar surface area (TPSA) is 38.3 Å². The van der Waals surface area contributed by atoms with Crippen molar-refractivity contribution < 1.29 is 9.53 Å². The van der Waals surface area contributed by atoms with Crippen molar-refractivity contribution in [3.8, 4) is 0 Å². The lowest BCUT2D eigenvalue weighted by Gasteiger charge is -2.17. The summed E-state index contributed by atoms with van der Waals surface area (Å²) >= 11 is 0. The zero-order valence-corrected chi connectivity index (χ0v) is 12.7. The standard InChI is InChI=1S/C19H21NO2/c1-2-3-14-22-18(17-12-8-5-9-13-17)19(21)20-15-16-10-6-4-7-11-16/h2-13,18H,14-15H2,1H3,(H,20,21)/b3-2+. The third kappa shape index (κ3) is 4.86. The van der Waals surface area contributed by atoms with E-state index in [0.29, 0.717) is 13.2 Å². The highest BCUT2D eigenvalue weighted by molar-refractivity contribution is 5.82. The summed E-state index contributed by atoms with van der Waals surface area (Å²) in [6.07, 6.45) is 3.20. The van der Waals surface area contributed by atoms with E-state index in [2.05, 4.69) is 5.32 Å². The van der Waals surface area contributed by atoms with Crippen LogP contribution in [0.25, 0.3) is 0 Å². The SMILES string of the molecule is C/C=C/COC(C(=O)NCc1ccccc1)c1ccccc1. The molecule has 0 spiro atoms. The fourth-order valence-corrected chi connectivity index (χ4v) is 2.08. The maximum absolute atomic E-state index is 12.5. The third-order valence-corrected chi connectivity index (χ3v) is 3.24. The quantitative estimate of drug-likeness (QED) is 0.792. The first kappa shape index (κ1) is 16.0. The van der Waals surface area contributed by atoms with Crippen LogP contribution in [0.2, 0.25) is 0 Å². The van der Waals surface area contributed by atoms with Crippen molar-refractivity contribution in [2.24, 2.45) is 0 Å². The van der Waals surface area contributed by atoms with Gasteiger partial charge in [0.1, 0.15) is 0 Å². The Morgan fingerprint density at radius 1 is 1.09 bits per heavy atom. The first-order valence-corrected chi connectivity index (χ1v) is 7.40. The van der Waals surface area contributed by atoms with Gasteiger partial charge < -0.3 is 10.1 Å². The van der Waals surface area contributed by atoms with E-state index in [9.17, 15) is 4.79 Å². The normalized spacial score (nSPS) is 12.2. The van der Waals surface area contributed by atoms with E-state index in [4.69, 9.17) is 4.74 Å². The molecule has 0 aliphatic rings. The van der Waals surface area contributed by atoms with E-state index in [0.717, 1.165) is 11.1 Å². The van der Waals surface area contributed by atoms with Crippen LogP contribution in [0.15, 0.2) is 72.8 Å². The summed E-state index contributed by atoms with van der Waals surface area (Å²) in [4.78, 5) is 12.5. The highest BCUT2D eigenvalue weighted by Crippen LogP contribution is 2.17. The molecule has 1 unspecified atom stereocenters. The van der Waals surface area contributed by atoms with E-state index < -0.39 is 6.10 Å². The molecule has 2 aromatic rings. The zero-order chi connectivity index (χ0) is 15.6. The minimum absolute atomic E-state index is 0.125. The van der Waals surface area contributed by atoms with Crippen LogP contribution in [-0.4, -0.2) is 12.5 Å². The second-order valence-electron chi connectivity index (χ2n) is 4.90. The van der Waals surface area contributed by atoms with Crippen molar-refractivity contribution >= 4 is 5.91 Å². The molecule has 1 atom stereocenters. The van der Waals surface area contributed by atoms with Gasteiger partial charge in [0.15, 0.2) is 6.10 Å². The van der Waals surface area contributed by atoms with Gasteiger partial charge >= 0.3 is 0 Å². The Balaban J connectivity index is 2.02. The molecule has 0 aliphatic carbocycles. The molecule has 2 aromatic carbocycles. The summed E-state index contributed by atoms with van der Waals surface area (Å²) in [5, 5.41) is 2.94. The van der Waals surface area contributed by atoms with Crippen molar-refractivity contribution in [1.82, 2.24) is 5.32 Å². The van der Waals surface area contributed by atoms with Crippen LogP contribution in [0.3, 0.4) is 0 Å². The van der Waals surface area contributed by atoms with E-state index >= 15 is 0 Å².